The third kappa shape index (κ3) is 4.03. The van der Waals surface area contributed by atoms with Crippen LogP contribution in [0.4, 0.5) is 0 Å². The number of ether oxygens (including phenoxy) is 1. The molecule has 0 aliphatic rings. The molecule has 6 nitrogen and oxygen atoms in total. The summed E-state index contributed by atoms with van der Waals surface area (Å²) in [6.07, 6.45) is 2.42. The number of nitrogens with one attached hydrogen (secondary N) is 1. The number of amides is 1. The molecule has 6 heteroatoms. The van der Waals surface area contributed by atoms with E-state index in [1.807, 2.05) is 35.8 Å². The van der Waals surface area contributed by atoms with Crippen molar-refractivity contribution in [2.75, 3.05) is 26.4 Å². The van der Waals surface area contributed by atoms with Crippen molar-refractivity contribution in [2.24, 2.45) is 0 Å². The minimum absolute atomic E-state index is 0.0249. The number of imidazole rings is 1. The highest BCUT2D eigenvalue weighted by Crippen LogP contribution is 2.17. The van der Waals surface area contributed by atoms with Crippen molar-refractivity contribution in [2.45, 2.75) is 19.4 Å². The van der Waals surface area contributed by atoms with E-state index >= 15 is 0 Å². The van der Waals surface area contributed by atoms with Gasteiger partial charge in [-0.3, -0.25) is 4.79 Å². The van der Waals surface area contributed by atoms with Gasteiger partial charge in [-0.05, 0) is 25.5 Å². The van der Waals surface area contributed by atoms with Crippen LogP contribution in [0.1, 0.15) is 19.4 Å². The van der Waals surface area contributed by atoms with Gasteiger partial charge in [0, 0.05) is 13.2 Å². The highest BCUT2D eigenvalue weighted by Gasteiger charge is 2.16. The van der Waals surface area contributed by atoms with Gasteiger partial charge < -0.3 is 19.7 Å². The summed E-state index contributed by atoms with van der Waals surface area (Å²) < 4.78 is 7.01. The number of nitrogens with zero attached hydrogens (tertiary/aromatic N) is 2. The average Bonchev–Trinajstić information content (AvgIpc) is 2.93. The Balaban J connectivity index is 1.85. The second kappa shape index (κ2) is 7.75. The summed E-state index contributed by atoms with van der Waals surface area (Å²) in [5, 5.41) is 11.5. The van der Waals surface area contributed by atoms with E-state index in [1.165, 1.54) is 0 Å². The van der Waals surface area contributed by atoms with Crippen LogP contribution in [0.5, 0.6) is 0 Å². The van der Waals surface area contributed by atoms with Crippen LogP contribution in [0.15, 0.2) is 30.6 Å². The van der Waals surface area contributed by atoms with Gasteiger partial charge in [-0.15, -0.1) is 0 Å². The summed E-state index contributed by atoms with van der Waals surface area (Å²) in [4.78, 5) is 16.4. The second-order valence-electron chi connectivity index (χ2n) is 4.80. The van der Waals surface area contributed by atoms with Crippen LogP contribution >= 0.6 is 0 Å². The molecule has 1 heterocycles. The minimum atomic E-state index is -0.309. The number of aliphatic hydroxyl groups excluding tert-OH is 1. The van der Waals surface area contributed by atoms with E-state index in [0.717, 1.165) is 17.5 Å². The Labute approximate surface area is 123 Å². The fraction of sp³-hybridized carbons (Fsp3) is 0.467. The number of aliphatic hydroxyl groups is 1. The first-order chi connectivity index (χ1) is 10.2. The monoisotopic (exact) mass is 291 g/mol. The third-order valence-electron chi connectivity index (χ3n) is 3.28. The number of hydrogen-bond donors (Lipinski definition) is 2. The zero-order chi connectivity index (χ0) is 15.1. The summed E-state index contributed by atoms with van der Waals surface area (Å²) in [5.74, 6) is -0.0414. The molecular formula is C15H21N3O3. The molecule has 0 saturated heterocycles. The molecule has 21 heavy (non-hydrogen) atoms. The van der Waals surface area contributed by atoms with Gasteiger partial charge in [0.25, 0.3) is 0 Å². The van der Waals surface area contributed by atoms with Crippen molar-refractivity contribution < 1.29 is 14.6 Å². The highest BCUT2D eigenvalue weighted by molar-refractivity contribution is 5.83. The normalized spacial score (nSPS) is 12.5. The number of para-hydroxylation sites is 2. The van der Waals surface area contributed by atoms with E-state index < -0.39 is 0 Å². The van der Waals surface area contributed by atoms with Crippen molar-refractivity contribution in [1.29, 1.82) is 0 Å². The van der Waals surface area contributed by atoms with Gasteiger partial charge in [0.15, 0.2) is 0 Å². The fourth-order valence-corrected chi connectivity index (χ4v) is 2.11. The van der Waals surface area contributed by atoms with Crippen LogP contribution in [-0.4, -0.2) is 46.9 Å². The maximum absolute atomic E-state index is 12.1. The van der Waals surface area contributed by atoms with Crippen molar-refractivity contribution >= 4 is 16.9 Å². The topological polar surface area (TPSA) is 76.4 Å². The van der Waals surface area contributed by atoms with Crippen molar-refractivity contribution in [3.8, 4) is 0 Å². The van der Waals surface area contributed by atoms with E-state index in [0.29, 0.717) is 19.8 Å². The maximum Gasteiger partial charge on any atom is 0.242 e. The van der Waals surface area contributed by atoms with E-state index in [1.54, 1.807) is 6.33 Å². The van der Waals surface area contributed by atoms with E-state index in [9.17, 15) is 4.79 Å². The quantitative estimate of drug-likeness (QED) is 0.714. The molecule has 0 radical (unpaired) electrons. The van der Waals surface area contributed by atoms with Gasteiger partial charge in [0.2, 0.25) is 5.91 Å². The molecule has 2 N–H and O–H groups in total. The van der Waals surface area contributed by atoms with Gasteiger partial charge in [-0.2, -0.15) is 0 Å². The van der Waals surface area contributed by atoms with Gasteiger partial charge in [0.1, 0.15) is 6.04 Å². The van der Waals surface area contributed by atoms with Crippen LogP contribution < -0.4 is 5.32 Å². The number of aromatic nitrogens is 2. The lowest BCUT2D eigenvalue weighted by atomic mass is 10.2. The van der Waals surface area contributed by atoms with Gasteiger partial charge in [0.05, 0.1) is 30.6 Å². The average molecular weight is 291 g/mol. The largest absolute Gasteiger partial charge is 0.394 e. The predicted molar refractivity (Wildman–Crippen MR) is 80.0 cm³/mol. The van der Waals surface area contributed by atoms with Gasteiger partial charge >= 0.3 is 0 Å². The van der Waals surface area contributed by atoms with Gasteiger partial charge in [-0.1, -0.05) is 12.1 Å². The summed E-state index contributed by atoms with van der Waals surface area (Å²) in [6, 6.07) is 7.43. The third-order valence-corrected chi connectivity index (χ3v) is 3.28. The first-order valence-corrected chi connectivity index (χ1v) is 7.12. The summed E-state index contributed by atoms with van der Waals surface area (Å²) in [5.41, 5.74) is 1.83. The fourth-order valence-electron chi connectivity index (χ4n) is 2.11. The minimum Gasteiger partial charge on any atom is -0.394 e. The number of benzene rings is 1. The molecule has 0 fully saturated rings. The number of fused-ring (bicyclic) bond motifs is 1. The van der Waals surface area contributed by atoms with Crippen LogP contribution in [-0.2, 0) is 9.53 Å². The van der Waals surface area contributed by atoms with Crippen LogP contribution in [0.25, 0.3) is 11.0 Å². The Morgan fingerprint density at radius 2 is 2.24 bits per heavy atom. The van der Waals surface area contributed by atoms with Crippen molar-refractivity contribution in [1.82, 2.24) is 14.9 Å². The van der Waals surface area contributed by atoms with Crippen molar-refractivity contribution in [3.63, 3.8) is 0 Å². The lowest BCUT2D eigenvalue weighted by Gasteiger charge is -2.14. The van der Waals surface area contributed by atoms with Crippen LogP contribution in [0, 0.1) is 0 Å². The van der Waals surface area contributed by atoms with Crippen LogP contribution in [0.2, 0.25) is 0 Å². The first-order valence-electron chi connectivity index (χ1n) is 7.12. The summed E-state index contributed by atoms with van der Waals surface area (Å²) in [6.45, 7) is 3.30. The van der Waals surface area contributed by atoms with Crippen molar-refractivity contribution in [3.05, 3.63) is 30.6 Å². The summed E-state index contributed by atoms with van der Waals surface area (Å²) >= 11 is 0. The second-order valence-corrected chi connectivity index (χ2v) is 4.80. The molecule has 114 valence electrons. The van der Waals surface area contributed by atoms with E-state index in [4.69, 9.17) is 9.84 Å². The standard InChI is InChI=1S/C15H21N3O3/c1-12(15(20)16-7-4-9-21-10-8-19)18-11-17-13-5-2-3-6-14(13)18/h2-3,5-6,11-12,19H,4,7-10H2,1H3,(H,16,20). The van der Waals surface area contributed by atoms with E-state index in [-0.39, 0.29) is 18.6 Å². The van der Waals surface area contributed by atoms with Gasteiger partial charge in [-0.25, -0.2) is 4.98 Å². The first kappa shape index (κ1) is 15.5. The molecule has 1 amide bonds. The summed E-state index contributed by atoms with van der Waals surface area (Å²) in [7, 11) is 0. The zero-order valence-corrected chi connectivity index (χ0v) is 12.2. The number of hydrogen-bond acceptors (Lipinski definition) is 4. The Morgan fingerprint density at radius 3 is 3.05 bits per heavy atom. The molecule has 1 unspecified atom stereocenters. The maximum atomic E-state index is 12.1. The molecule has 0 bridgehead atoms. The Morgan fingerprint density at radius 1 is 1.43 bits per heavy atom. The lowest BCUT2D eigenvalue weighted by Crippen LogP contribution is -2.32. The predicted octanol–water partition coefficient (Wildman–Crippen LogP) is 1.11. The molecule has 2 rings (SSSR count). The molecule has 0 aliphatic carbocycles. The van der Waals surface area contributed by atoms with E-state index in [2.05, 4.69) is 10.3 Å². The SMILES string of the molecule is CC(C(=O)NCCCOCCO)n1cnc2ccccc21. The number of carbonyl (C=O) groups excluding carboxylic acids is 1. The highest BCUT2D eigenvalue weighted by atomic mass is 16.5. The zero-order valence-electron chi connectivity index (χ0n) is 12.2. The molecular weight excluding hydrogens is 270 g/mol. The molecule has 2 aromatic rings. The molecule has 0 aliphatic heterocycles. The molecule has 0 spiro atoms. The number of carbonyl (C=O) groups is 1. The molecule has 1 aromatic carbocycles. The molecule has 1 aromatic heterocycles. The number of rotatable bonds is 8. The molecule has 1 atom stereocenters. The Hall–Kier alpha value is -1.92. The Bertz CT molecular complexity index is 582. The van der Waals surface area contributed by atoms with Crippen LogP contribution in [0.3, 0.4) is 0 Å². The molecule has 0 saturated carbocycles. The lowest BCUT2D eigenvalue weighted by molar-refractivity contribution is -0.123. The Kier molecular flexibility index (Phi) is 5.71. The smallest absolute Gasteiger partial charge is 0.242 e.